The summed E-state index contributed by atoms with van der Waals surface area (Å²) in [6.07, 6.45) is 2.21. The molecule has 0 saturated heterocycles. The summed E-state index contributed by atoms with van der Waals surface area (Å²) in [6.45, 7) is 17.0. The SMILES string of the molecule is CCC(C)(C)C(=O)OCCOc1ccc(C(c2ccc3ccccc3c2)(c2ccc3ccccc3c2)c2ccc3ccccc3c2)cc1.CCC(C)(C)C(=O)OCCOc1ccc(C(c2ccccc2)(c2ccc3ccccc3c2)c2ccc3ccccc3c2)cc1.CCC(C)C(=O)OCCOc1ccc(C(c2ccccc2)(c2ccc3ccccc3c2)c2ccc3ccccc3c2)cc1. The number of rotatable bonds is 30. The van der Waals surface area contributed by atoms with Gasteiger partial charge in [0.05, 0.1) is 33.0 Å². The lowest BCUT2D eigenvalue weighted by atomic mass is 9.64. The van der Waals surface area contributed by atoms with E-state index in [0.717, 1.165) is 53.2 Å². The second-order valence-electron chi connectivity index (χ2n) is 36.3. The second kappa shape index (κ2) is 41.3. The van der Waals surface area contributed by atoms with E-state index in [-0.39, 0.29) is 50.3 Å². The number of carbonyl (C=O) groups excluding carboxylic acids is 3. The van der Waals surface area contributed by atoms with Gasteiger partial charge in [-0.05, 0) is 268 Å². The highest BCUT2D eigenvalue weighted by Gasteiger charge is 2.43. The number of carbonyl (C=O) groups is 3. The van der Waals surface area contributed by atoms with E-state index in [9.17, 15) is 14.4 Å². The molecule has 0 saturated carbocycles. The molecule has 0 N–H and O–H groups in total. The van der Waals surface area contributed by atoms with Crippen molar-refractivity contribution in [2.24, 2.45) is 16.7 Å². The van der Waals surface area contributed by atoms with Crippen LogP contribution >= 0.6 is 0 Å². The van der Waals surface area contributed by atoms with Crippen molar-refractivity contribution in [2.45, 2.75) is 90.9 Å². The summed E-state index contributed by atoms with van der Waals surface area (Å²) in [5.74, 6) is 1.53. The molecule has 672 valence electrons. The molecule has 0 fully saturated rings. The van der Waals surface area contributed by atoms with Gasteiger partial charge >= 0.3 is 17.9 Å². The Labute approximate surface area is 792 Å². The van der Waals surface area contributed by atoms with E-state index >= 15 is 0 Å². The molecule has 19 aromatic carbocycles. The molecule has 0 bridgehead atoms. The summed E-state index contributed by atoms with van der Waals surface area (Å²) in [4.78, 5) is 36.8. The maximum absolute atomic E-state index is 12.4. The maximum atomic E-state index is 12.4. The molecule has 9 nitrogen and oxygen atoms in total. The largest absolute Gasteiger partial charge is 0.490 e. The first-order valence-corrected chi connectivity index (χ1v) is 47.2. The zero-order valence-electron chi connectivity index (χ0n) is 78.1. The monoisotopic (exact) mass is 1770 g/mol. The van der Waals surface area contributed by atoms with Crippen LogP contribution in [0.3, 0.4) is 0 Å². The van der Waals surface area contributed by atoms with E-state index in [1.54, 1.807) is 0 Å². The Balaban J connectivity index is 0.000000141. The molecule has 0 amide bonds. The predicted molar refractivity (Wildman–Crippen MR) is 554 cm³/mol. The number of hydrogen-bond acceptors (Lipinski definition) is 9. The van der Waals surface area contributed by atoms with Crippen molar-refractivity contribution in [3.63, 3.8) is 0 Å². The van der Waals surface area contributed by atoms with Gasteiger partial charge < -0.3 is 28.4 Å². The minimum absolute atomic E-state index is 0.101. The lowest BCUT2D eigenvalue weighted by Gasteiger charge is -2.37. The van der Waals surface area contributed by atoms with Gasteiger partial charge in [-0.1, -0.05) is 380 Å². The van der Waals surface area contributed by atoms with Crippen molar-refractivity contribution in [3.05, 3.63) is 497 Å². The summed E-state index contributed by atoms with van der Waals surface area (Å²) in [5, 5.41) is 16.9. The van der Waals surface area contributed by atoms with Crippen LogP contribution < -0.4 is 14.2 Å². The Kier molecular flexibility index (Phi) is 28.1. The highest BCUT2D eigenvalue weighted by Crippen LogP contribution is 2.52. The van der Waals surface area contributed by atoms with Crippen LogP contribution in [0.2, 0.25) is 0 Å². The predicted octanol–water partition coefficient (Wildman–Crippen LogP) is 30.0. The van der Waals surface area contributed by atoms with Gasteiger partial charge in [-0.3, -0.25) is 14.4 Å². The van der Waals surface area contributed by atoms with Gasteiger partial charge in [-0.2, -0.15) is 0 Å². The van der Waals surface area contributed by atoms with E-state index in [0.29, 0.717) is 13.2 Å². The van der Waals surface area contributed by atoms with Crippen LogP contribution in [0.25, 0.3) is 75.4 Å². The normalized spacial score (nSPS) is 12.0. The number of hydrogen-bond donors (Lipinski definition) is 0. The highest BCUT2D eigenvalue weighted by atomic mass is 16.6. The smallest absolute Gasteiger partial charge is 0.311 e. The van der Waals surface area contributed by atoms with E-state index in [1.807, 2.05) is 91.8 Å². The zero-order chi connectivity index (χ0) is 93.4. The molecule has 135 heavy (non-hydrogen) atoms. The lowest BCUT2D eigenvalue weighted by molar-refractivity contribution is -0.155. The minimum Gasteiger partial charge on any atom is -0.490 e. The van der Waals surface area contributed by atoms with Crippen LogP contribution in [0.5, 0.6) is 17.2 Å². The van der Waals surface area contributed by atoms with Crippen molar-refractivity contribution in [2.75, 3.05) is 39.6 Å². The Bertz CT molecular complexity index is 7000. The van der Waals surface area contributed by atoms with E-state index in [2.05, 4.69) is 394 Å². The van der Waals surface area contributed by atoms with Crippen LogP contribution in [-0.2, 0) is 44.8 Å². The van der Waals surface area contributed by atoms with Crippen molar-refractivity contribution in [1.29, 1.82) is 0 Å². The number of fused-ring (bicyclic) bond motifs is 7. The lowest BCUT2D eigenvalue weighted by Crippen LogP contribution is -2.31. The number of benzene rings is 19. The van der Waals surface area contributed by atoms with Crippen molar-refractivity contribution in [1.82, 2.24) is 0 Å². The Morgan fingerprint density at radius 3 is 0.615 bits per heavy atom. The van der Waals surface area contributed by atoms with Crippen molar-refractivity contribution in [3.8, 4) is 17.2 Å². The fraction of sp³-hybridized carbons (Fsp3) is 0.183. The molecule has 0 aliphatic heterocycles. The topological polar surface area (TPSA) is 107 Å². The second-order valence-corrected chi connectivity index (χ2v) is 36.3. The van der Waals surface area contributed by atoms with Crippen molar-refractivity contribution >= 4 is 93.3 Å². The van der Waals surface area contributed by atoms with Crippen molar-refractivity contribution < 1.29 is 42.8 Å². The summed E-state index contributed by atoms with van der Waals surface area (Å²) in [7, 11) is 0. The molecule has 1 unspecified atom stereocenters. The molecule has 0 heterocycles. The third kappa shape index (κ3) is 19.6. The minimum atomic E-state index is -0.641. The van der Waals surface area contributed by atoms with Crippen LogP contribution in [0.4, 0.5) is 0 Å². The highest BCUT2D eigenvalue weighted by molar-refractivity contribution is 5.92. The van der Waals surface area contributed by atoms with Gasteiger partial charge in [0, 0.05) is 0 Å². The first kappa shape index (κ1) is 91.7. The number of ether oxygens (including phenoxy) is 6. The summed E-state index contributed by atoms with van der Waals surface area (Å²) < 4.78 is 34.5. The average Bonchev–Trinajstić information content (AvgIpc) is 0.730. The molecular formula is C126H114O9. The van der Waals surface area contributed by atoms with Gasteiger partial charge in [0.25, 0.3) is 0 Å². The number of esters is 3. The quantitative estimate of drug-likeness (QED) is 0.0188. The van der Waals surface area contributed by atoms with Gasteiger partial charge in [-0.25, -0.2) is 0 Å². The average molecular weight is 1770 g/mol. The molecule has 19 aromatic rings. The molecule has 1 atom stereocenters. The van der Waals surface area contributed by atoms with E-state index in [4.69, 9.17) is 28.4 Å². The molecule has 0 aromatic heterocycles. The van der Waals surface area contributed by atoms with Crippen LogP contribution in [0.1, 0.15) is 141 Å². The summed E-state index contributed by atoms with van der Waals surface area (Å²) >= 11 is 0. The fourth-order valence-corrected chi connectivity index (χ4v) is 18.6. The summed E-state index contributed by atoms with van der Waals surface area (Å²) in [5.41, 5.74) is 11.3. The first-order valence-electron chi connectivity index (χ1n) is 47.2. The molecule has 0 aliphatic carbocycles. The summed E-state index contributed by atoms with van der Waals surface area (Å²) in [6, 6.07) is 154. The third-order valence-corrected chi connectivity index (χ3v) is 27.2. The van der Waals surface area contributed by atoms with Gasteiger partial charge in [0.15, 0.2) is 0 Å². The molecule has 19 rings (SSSR count). The van der Waals surface area contributed by atoms with Crippen LogP contribution in [0, 0.1) is 16.7 Å². The third-order valence-electron chi connectivity index (χ3n) is 27.2. The molecule has 0 aliphatic rings. The molecule has 9 heteroatoms. The fourth-order valence-electron chi connectivity index (χ4n) is 18.6. The molecular weight excluding hydrogens is 1660 g/mol. The molecule has 0 radical (unpaired) electrons. The van der Waals surface area contributed by atoms with Gasteiger partial charge in [0.1, 0.15) is 56.9 Å². The van der Waals surface area contributed by atoms with Crippen LogP contribution in [0.15, 0.2) is 431 Å². The van der Waals surface area contributed by atoms with Crippen LogP contribution in [-0.4, -0.2) is 57.5 Å². The zero-order valence-corrected chi connectivity index (χ0v) is 78.1. The first-order chi connectivity index (χ1) is 65.9. The van der Waals surface area contributed by atoms with Gasteiger partial charge in [0.2, 0.25) is 0 Å². The maximum Gasteiger partial charge on any atom is 0.311 e. The standard InChI is InChI=1S/C45H40O3.C41H38O3.C40H36O3/c1-4-44(2,3)43(46)48-28-27-47-42-25-23-38(24-26-42)45(39-20-17-32-11-5-8-14-35(32)29-39,40-21-18-33-12-6-9-15-36(33)30-40)41-22-19-34-13-7-10-16-37(34)31-41;1-4-40(2,3)39(42)44-27-26-43-38-24-22-35(23-25-38)41(34-16-6-5-7-17-34,36-20-18-30-12-8-10-14-32(30)28-36)37-21-19-31-13-9-11-15-33(31)29-37;1-3-29(2)39(41)43-26-25-42-38-23-21-35(22-24-38)40(34-15-5-4-6-16-34,36-19-17-30-11-7-9-13-32(30)27-36)37-20-18-31-12-8-10-14-33(31)28-37/h5-26,29-31H,4,27-28H2,1-3H3;5-25,28-29H,4,26-27H2,1-3H3;4-24,27-29H,3,25-26H2,1-2H3. The Morgan fingerprint density at radius 1 is 0.215 bits per heavy atom. The Morgan fingerprint density at radius 2 is 0.400 bits per heavy atom. The Hall–Kier alpha value is -15.2. The van der Waals surface area contributed by atoms with Gasteiger partial charge in [-0.15, -0.1) is 0 Å². The van der Waals surface area contributed by atoms with E-state index in [1.165, 1.54) is 125 Å². The van der Waals surface area contributed by atoms with E-state index < -0.39 is 27.1 Å². The molecule has 0 spiro atoms.